The Morgan fingerprint density at radius 3 is 2.32 bits per heavy atom. The van der Waals surface area contributed by atoms with Gasteiger partial charge in [0.15, 0.2) is 5.82 Å². The Kier molecular flexibility index (Phi) is 6.51. The van der Waals surface area contributed by atoms with Crippen LogP contribution in [-0.4, -0.2) is 70.6 Å². The largest absolute Gasteiger partial charge is 0.494 e. The molecular formula is C20H23ClN6O3S. The number of sulfonamides is 1. The molecule has 1 aliphatic heterocycles. The highest BCUT2D eigenvalue weighted by molar-refractivity contribution is 7.89. The Morgan fingerprint density at radius 1 is 1.00 bits per heavy atom. The molecule has 0 aliphatic carbocycles. The predicted octanol–water partition coefficient (Wildman–Crippen LogP) is 2.22. The minimum Gasteiger partial charge on any atom is -0.494 e. The zero-order valence-electron chi connectivity index (χ0n) is 17.1. The Bertz CT molecular complexity index is 1110. The van der Waals surface area contributed by atoms with E-state index in [1.165, 1.54) is 16.4 Å². The van der Waals surface area contributed by atoms with E-state index in [1.807, 2.05) is 31.2 Å². The zero-order valence-corrected chi connectivity index (χ0v) is 18.6. The number of hydrogen-bond acceptors (Lipinski definition) is 7. The van der Waals surface area contributed by atoms with Gasteiger partial charge in [0.2, 0.25) is 10.0 Å². The van der Waals surface area contributed by atoms with Crippen molar-refractivity contribution >= 4 is 21.6 Å². The monoisotopic (exact) mass is 462 g/mol. The van der Waals surface area contributed by atoms with Gasteiger partial charge in [-0.05, 0) is 65.9 Å². The molecule has 0 saturated carbocycles. The molecule has 0 amide bonds. The molecule has 1 aliphatic rings. The van der Waals surface area contributed by atoms with Crippen molar-refractivity contribution in [1.82, 2.24) is 29.4 Å². The van der Waals surface area contributed by atoms with Crippen molar-refractivity contribution in [2.24, 2.45) is 0 Å². The van der Waals surface area contributed by atoms with Crippen LogP contribution in [0.25, 0.3) is 5.69 Å². The minimum atomic E-state index is -3.53. The standard InChI is InChI=1S/C20H23ClN6O3S/c1-2-30-18-7-5-17(6-8-18)27-20(22-23-24-27)15-25-11-13-26(14-12-25)31(28,29)19-9-3-16(21)4-10-19/h3-10H,2,11-15H2,1H3. The number of benzene rings is 2. The van der Waals surface area contributed by atoms with Gasteiger partial charge in [-0.1, -0.05) is 11.6 Å². The third kappa shape index (κ3) is 4.87. The molecule has 9 nitrogen and oxygen atoms in total. The van der Waals surface area contributed by atoms with Crippen LogP contribution in [0.5, 0.6) is 5.75 Å². The van der Waals surface area contributed by atoms with Gasteiger partial charge < -0.3 is 4.74 Å². The number of rotatable bonds is 7. The number of aromatic nitrogens is 4. The maximum atomic E-state index is 12.9. The molecule has 2 heterocycles. The number of tetrazole rings is 1. The Labute approximate surface area is 186 Å². The Morgan fingerprint density at radius 2 is 1.68 bits per heavy atom. The molecule has 0 atom stereocenters. The second-order valence-electron chi connectivity index (χ2n) is 7.07. The molecule has 1 saturated heterocycles. The maximum absolute atomic E-state index is 12.9. The molecule has 0 N–H and O–H groups in total. The van der Waals surface area contributed by atoms with Crippen LogP contribution in [0.4, 0.5) is 0 Å². The molecule has 1 fully saturated rings. The third-order valence-corrected chi connectivity index (χ3v) is 7.24. The zero-order chi connectivity index (χ0) is 21.8. The van der Waals surface area contributed by atoms with Crippen molar-refractivity contribution in [1.29, 1.82) is 0 Å². The van der Waals surface area contributed by atoms with E-state index in [0.717, 1.165) is 11.4 Å². The van der Waals surface area contributed by atoms with Gasteiger partial charge in [0.25, 0.3) is 0 Å². The lowest BCUT2D eigenvalue weighted by molar-refractivity contribution is 0.177. The molecule has 11 heteroatoms. The van der Waals surface area contributed by atoms with E-state index >= 15 is 0 Å². The molecule has 0 unspecified atom stereocenters. The molecular weight excluding hydrogens is 440 g/mol. The van der Waals surface area contributed by atoms with E-state index in [0.29, 0.717) is 50.2 Å². The summed E-state index contributed by atoms with van der Waals surface area (Å²) in [4.78, 5) is 2.40. The molecule has 4 rings (SSSR count). The second kappa shape index (κ2) is 9.31. The first-order valence-electron chi connectivity index (χ1n) is 9.96. The molecule has 0 bridgehead atoms. The van der Waals surface area contributed by atoms with E-state index in [4.69, 9.17) is 16.3 Å². The molecule has 31 heavy (non-hydrogen) atoms. The molecule has 0 spiro atoms. The first-order chi connectivity index (χ1) is 15.0. The van der Waals surface area contributed by atoms with Gasteiger partial charge in [0.05, 0.1) is 23.7 Å². The van der Waals surface area contributed by atoms with Crippen molar-refractivity contribution in [3.63, 3.8) is 0 Å². The van der Waals surface area contributed by atoms with E-state index in [-0.39, 0.29) is 4.90 Å². The molecule has 2 aromatic carbocycles. The normalized spacial score (nSPS) is 15.8. The summed E-state index contributed by atoms with van der Waals surface area (Å²) in [7, 11) is -3.53. The number of hydrogen-bond donors (Lipinski definition) is 0. The summed E-state index contributed by atoms with van der Waals surface area (Å²) in [6, 6.07) is 13.8. The average molecular weight is 463 g/mol. The smallest absolute Gasteiger partial charge is 0.243 e. The van der Waals surface area contributed by atoms with Crippen molar-refractivity contribution in [3.05, 3.63) is 59.4 Å². The number of halogens is 1. The van der Waals surface area contributed by atoms with Crippen LogP contribution in [0, 0.1) is 0 Å². The van der Waals surface area contributed by atoms with E-state index in [9.17, 15) is 8.42 Å². The van der Waals surface area contributed by atoms with Gasteiger partial charge in [0.1, 0.15) is 5.75 Å². The summed E-state index contributed by atoms with van der Waals surface area (Å²) in [5.74, 6) is 1.48. The first-order valence-corrected chi connectivity index (χ1v) is 11.8. The van der Waals surface area contributed by atoms with Crippen LogP contribution >= 0.6 is 11.6 Å². The summed E-state index contributed by atoms with van der Waals surface area (Å²) in [5, 5.41) is 12.6. The van der Waals surface area contributed by atoms with Crippen molar-refractivity contribution in [3.8, 4) is 11.4 Å². The SMILES string of the molecule is CCOc1ccc(-n2nnnc2CN2CCN(S(=O)(=O)c3ccc(Cl)cc3)CC2)cc1. The van der Waals surface area contributed by atoms with Crippen LogP contribution < -0.4 is 4.74 Å². The lowest BCUT2D eigenvalue weighted by atomic mass is 10.3. The fraction of sp³-hybridized carbons (Fsp3) is 0.350. The predicted molar refractivity (Wildman–Crippen MR) is 116 cm³/mol. The summed E-state index contributed by atoms with van der Waals surface area (Å²) in [6.07, 6.45) is 0. The van der Waals surface area contributed by atoms with Crippen LogP contribution in [0.1, 0.15) is 12.7 Å². The number of ether oxygens (including phenoxy) is 1. The van der Waals surface area contributed by atoms with Crippen molar-refractivity contribution in [2.75, 3.05) is 32.8 Å². The topological polar surface area (TPSA) is 93.4 Å². The van der Waals surface area contributed by atoms with E-state index in [2.05, 4.69) is 20.4 Å². The van der Waals surface area contributed by atoms with E-state index in [1.54, 1.807) is 16.8 Å². The first kappa shape index (κ1) is 21.7. The quantitative estimate of drug-likeness (QED) is 0.531. The molecule has 164 valence electrons. The lowest BCUT2D eigenvalue weighted by Crippen LogP contribution is -2.48. The highest BCUT2D eigenvalue weighted by atomic mass is 35.5. The highest BCUT2D eigenvalue weighted by Crippen LogP contribution is 2.21. The van der Waals surface area contributed by atoms with Crippen LogP contribution in [0.3, 0.4) is 0 Å². The van der Waals surface area contributed by atoms with Gasteiger partial charge >= 0.3 is 0 Å². The minimum absolute atomic E-state index is 0.254. The molecule has 0 radical (unpaired) electrons. The summed E-state index contributed by atoms with van der Waals surface area (Å²) in [6.45, 7) is 5.04. The van der Waals surface area contributed by atoms with Crippen LogP contribution in [-0.2, 0) is 16.6 Å². The van der Waals surface area contributed by atoms with Gasteiger partial charge in [-0.25, -0.2) is 8.42 Å². The van der Waals surface area contributed by atoms with Gasteiger partial charge in [-0.2, -0.15) is 8.99 Å². The average Bonchev–Trinajstić information content (AvgIpc) is 3.23. The number of nitrogens with zero attached hydrogens (tertiary/aromatic N) is 6. The summed E-state index contributed by atoms with van der Waals surface area (Å²) in [5.41, 5.74) is 0.840. The lowest BCUT2D eigenvalue weighted by Gasteiger charge is -2.33. The third-order valence-electron chi connectivity index (χ3n) is 5.07. The second-order valence-corrected chi connectivity index (χ2v) is 9.44. The van der Waals surface area contributed by atoms with E-state index < -0.39 is 10.0 Å². The Balaban J connectivity index is 1.40. The Hall–Kier alpha value is -2.53. The fourth-order valence-electron chi connectivity index (χ4n) is 3.44. The van der Waals surface area contributed by atoms with Crippen LogP contribution in [0.15, 0.2) is 53.4 Å². The molecule has 1 aromatic heterocycles. The maximum Gasteiger partial charge on any atom is 0.243 e. The number of piperazine rings is 1. The summed E-state index contributed by atoms with van der Waals surface area (Å²) >= 11 is 5.87. The van der Waals surface area contributed by atoms with Gasteiger partial charge in [-0.15, -0.1) is 5.10 Å². The van der Waals surface area contributed by atoms with Gasteiger partial charge in [-0.3, -0.25) is 4.90 Å². The highest BCUT2D eigenvalue weighted by Gasteiger charge is 2.29. The molecule has 3 aromatic rings. The van der Waals surface area contributed by atoms with Crippen LogP contribution in [0.2, 0.25) is 5.02 Å². The summed E-state index contributed by atoms with van der Waals surface area (Å²) < 4.78 is 34.4. The van der Waals surface area contributed by atoms with Crippen molar-refractivity contribution < 1.29 is 13.2 Å². The van der Waals surface area contributed by atoms with Gasteiger partial charge in [0, 0.05) is 31.2 Å². The van der Waals surface area contributed by atoms with Crippen molar-refractivity contribution in [2.45, 2.75) is 18.4 Å². The fourth-order valence-corrected chi connectivity index (χ4v) is 4.99.